The zero-order valence-corrected chi connectivity index (χ0v) is 37.1. The van der Waals surface area contributed by atoms with Gasteiger partial charge in [-0.25, -0.2) is 29.5 Å². The van der Waals surface area contributed by atoms with Crippen molar-refractivity contribution in [1.29, 1.82) is 0 Å². The standard InChI is InChI=1S/C27H33N10O10P.2C6H15N/c28-22-16-23(31-9-30-22)36(11-33-16)25-19(41)17(39)15(46-25)8-44-48(42,43)47-20-18(40)14(7-38)45-26(20)37-12-34-21-24(37)32-10-35-27(21,29)6-13-4-2-1-3-5-13;2*1-4-7(5-2)6-3/h1-5,9-11,14-15,17-20,25-26,38-41H,6-8,12,29H2,(H,42,43)(H2,28,30,31);2*4-6H2,1-3H3/t14-,15-,17-,18-,19-,20-,25-,26-,27?;;/m1../s1. The van der Waals surface area contributed by atoms with Crippen molar-refractivity contribution in [2.45, 2.75) is 103 Å². The van der Waals surface area contributed by atoms with Crippen molar-refractivity contribution in [1.82, 2.24) is 34.2 Å². The van der Waals surface area contributed by atoms with E-state index >= 15 is 0 Å². The number of nitrogens with two attached hydrogens (primary N) is 2. The van der Waals surface area contributed by atoms with Gasteiger partial charge in [-0.3, -0.25) is 18.6 Å². The zero-order chi connectivity index (χ0) is 45.2. The monoisotopic (exact) mass is 890 g/mol. The molecule has 0 bridgehead atoms. The molecule has 23 heteroatoms. The Labute approximate surface area is 361 Å². The Morgan fingerprint density at radius 3 is 2.11 bits per heavy atom. The first kappa shape index (κ1) is 49.2. The number of benzene rings is 1. The number of ether oxygens (including phenoxy) is 2. The fourth-order valence-electron chi connectivity index (χ4n) is 7.45. The van der Waals surface area contributed by atoms with Gasteiger partial charge < -0.3 is 61.0 Å². The Morgan fingerprint density at radius 1 is 0.887 bits per heavy atom. The van der Waals surface area contributed by atoms with Gasteiger partial charge in [-0.05, 0) is 44.8 Å². The van der Waals surface area contributed by atoms with E-state index < -0.39 is 75.8 Å². The number of imidazole rings is 1. The fraction of sp³-hybridized carbons (Fsp3) is 0.641. The molecule has 1 aromatic carbocycles. The average molecular weight is 891 g/mol. The minimum absolute atomic E-state index is 0.0713. The molecule has 4 aliphatic rings. The minimum atomic E-state index is -5.03. The maximum atomic E-state index is 13.2. The van der Waals surface area contributed by atoms with Gasteiger partial charge in [-0.2, -0.15) is 0 Å². The van der Waals surface area contributed by atoms with Crippen LogP contribution in [0.5, 0.6) is 0 Å². The highest BCUT2D eigenvalue weighted by Gasteiger charge is 2.54. The van der Waals surface area contributed by atoms with Crippen LogP contribution in [0.3, 0.4) is 0 Å². The third-order valence-corrected chi connectivity index (χ3v) is 12.2. The molecule has 344 valence electrons. The van der Waals surface area contributed by atoms with E-state index in [4.69, 9.17) is 30.0 Å². The summed E-state index contributed by atoms with van der Waals surface area (Å²) in [6, 6.07) is 9.42. The molecule has 0 radical (unpaired) electrons. The van der Waals surface area contributed by atoms with E-state index in [2.05, 4.69) is 81.3 Å². The first-order valence-electron chi connectivity index (χ1n) is 20.9. The molecule has 2 aromatic heterocycles. The molecule has 22 nitrogen and oxygen atoms in total. The lowest BCUT2D eigenvalue weighted by Crippen LogP contribution is -2.56. The van der Waals surface area contributed by atoms with Gasteiger partial charge >= 0.3 is 7.82 Å². The van der Waals surface area contributed by atoms with E-state index in [1.54, 1.807) is 0 Å². The number of hydrogen-bond donors (Lipinski definition) is 7. The van der Waals surface area contributed by atoms with Crippen molar-refractivity contribution in [3.8, 4) is 0 Å². The van der Waals surface area contributed by atoms with Gasteiger partial charge in [-0.1, -0.05) is 71.9 Å². The van der Waals surface area contributed by atoms with Gasteiger partial charge in [0.25, 0.3) is 0 Å². The van der Waals surface area contributed by atoms with Crippen molar-refractivity contribution in [2.24, 2.45) is 20.7 Å². The average Bonchev–Trinajstić information content (AvgIpc) is 4.04. The smallest absolute Gasteiger partial charge is 0.394 e. The molecule has 7 rings (SSSR count). The molecule has 62 heavy (non-hydrogen) atoms. The highest BCUT2D eigenvalue weighted by molar-refractivity contribution is 7.47. The number of nitrogen functional groups attached to an aromatic ring is 1. The molecule has 4 aliphatic heterocycles. The number of aliphatic hydroxyl groups excluding tert-OH is 4. The Kier molecular flexibility index (Phi) is 17.6. The van der Waals surface area contributed by atoms with E-state index in [0.717, 1.165) is 5.56 Å². The summed E-state index contributed by atoms with van der Waals surface area (Å²) in [5.41, 5.74) is 12.9. The summed E-state index contributed by atoms with van der Waals surface area (Å²) >= 11 is 0. The number of phosphoric ester groups is 1. The number of rotatable bonds is 16. The van der Waals surface area contributed by atoms with Gasteiger partial charge in [0.15, 0.2) is 35.4 Å². The van der Waals surface area contributed by atoms with E-state index in [1.807, 2.05) is 30.3 Å². The number of anilines is 1. The highest BCUT2D eigenvalue weighted by atomic mass is 31.2. The first-order valence-corrected chi connectivity index (χ1v) is 22.4. The SMILES string of the molecule is CCN(CC)CC.CCN(CC)CC.Nc1ncnc2c1ncn2[C@@H]1O[C@H](COP(=O)(O)O[C@@H]2[C@H](O)[C@@H](CO)O[C@H]2N2CN=C3C2=NC=NC3(N)Cc2ccccc2)[C@@H](O)[C@H]1O. The molecule has 2 saturated heterocycles. The lowest BCUT2D eigenvalue weighted by Gasteiger charge is -2.33. The maximum absolute atomic E-state index is 13.2. The number of phosphoric acid groups is 1. The second kappa shape index (κ2) is 22.2. The third kappa shape index (κ3) is 11.3. The van der Waals surface area contributed by atoms with Gasteiger partial charge in [0.1, 0.15) is 67.2 Å². The second-order valence-electron chi connectivity index (χ2n) is 14.8. The molecule has 0 spiro atoms. The van der Waals surface area contributed by atoms with E-state index in [-0.39, 0.29) is 29.5 Å². The van der Waals surface area contributed by atoms with Gasteiger partial charge in [-0.15, -0.1) is 0 Å². The van der Waals surface area contributed by atoms with Crippen molar-refractivity contribution < 1.29 is 48.4 Å². The normalized spacial score (nSPS) is 28.9. The number of aliphatic imine (C=N–C) groups is 3. The molecule has 0 amide bonds. The minimum Gasteiger partial charge on any atom is -0.394 e. The number of amidine groups is 1. The van der Waals surface area contributed by atoms with Crippen LogP contribution in [0.15, 0.2) is 58.0 Å². The largest absolute Gasteiger partial charge is 0.472 e. The highest BCUT2D eigenvalue weighted by Crippen LogP contribution is 2.49. The Hall–Kier alpha value is -3.87. The van der Waals surface area contributed by atoms with Crippen LogP contribution < -0.4 is 11.5 Å². The number of aliphatic hydroxyl groups is 4. The molecule has 2 fully saturated rings. The number of hydrogen-bond acceptors (Lipinski definition) is 20. The summed E-state index contributed by atoms with van der Waals surface area (Å²) in [6.07, 6.45) is -7.09. The molecule has 2 unspecified atom stereocenters. The van der Waals surface area contributed by atoms with E-state index in [9.17, 15) is 29.9 Å². The summed E-state index contributed by atoms with van der Waals surface area (Å²) in [5, 5.41) is 42.2. The van der Waals surface area contributed by atoms with Crippen LogP contribution in [0.1, 0.15) is 53.3 Å². The van der Waals surface area contributed by atoms with Gasteiger partial charge in [0.2, 0.25) is 0 Å². The number of fused-ring (bicyclic) bond motifs is 2. The van der Waals surface area contributed by atoms with Crippen LogP contribution in [0.2, 0.25) is 0 Å². The maximum Gasteiger partial charge on any atom is 0.472 e. The summed E-state index contributed by atoms with van der Waals surface area (Å²) < 4.78 is 36.8. The van der Waals surface area contributed by atoms with Crippen LogP contribution in [0, 0.1) is 0 Å². The molecule has 3 aromatic rings. The summed E-state index contributed by atoms with van der Waals surface area (Å²) in [4.78, 5) is 42.3. The molecule has 10 atom stereocenters. The molecular weight excluding hydrogens is 827 g/mol. The quantitative estimate of drug-likeness (QED) is 0.0955. The van der Waals surface area contributed by atoms with Crippen LogP contribution in [0.4, 0.5) is 5.82 Å². The van der Waals surface area contributed by atoms with Crippen molar-refractivity contribution in [3.63, 3.8) is 0 Å². The Morgan fingerprint density at radius 2 is 1.52 bits per heavy atom. The summed E-state index contributed by atoms with van der Waals surface area (Å²) in [7, 11) is -5.03. The second-order valence-corrected chi connectivity index (χ2v) is 16.2. The number of nitrogens with zero attached hydrogens (tertiary/aromatic N) is 10. The molecular formula is C39H63N12O10P. The lowest BCUT2D eigenvalue weighted by molar-refractivity contribution is -0.0730. The lowest BCUT2D eigenvalue weighted by atomic mass is 9.94. The molecule has 0 saturated carbocycles. The first-order chi connectivity index (χ1) is 29.7. The Bertz CT molecular complexity index is 2000. The third-order valence-electron chi connectivity index (χ3n) is 11.2. The molecule has 0 aliphatic carbocycles. The van der Waals surface area contributed by atoms with E-state index in [1.165, 1.54) is 67.7 Å². The van der Waals surface area contributed by atoms with E-state index in [0.29, 0.717) is 12.1 Å². The van der Waals surface area contributed by atoms with Crippen LogP contribution in [-0.4, -0.2) is 185 Å². The van der Waals surface area contributed by atoms with Gasteiger partial charge in [0, 0.05) is 6.42 Å². The summed E-state index contributed by atoms with van der Waals surface area (Å²) in [6.45, 7) is 18.8. The molecule has 9 N–H and O–H groups in total. The number of aromatic nitrogens is 4. The van der Waals surface area contributed by atoms with Crippen molar-refractivity contribution in [3.05, 3.63) is 48.5 Å². The predicted molar refractivity (Wildman–Crippen MR) is 232 cm³/mol. The topological polar surface area (TPSA) is 298 Å². The Balaban J connectivity index is 0.000000448. The summed E-state index contributed by atoms with van der Waals surface area (Å²) in [5.74, 6) is 0.350. The zero-order valence-electron chi connectivity index (χ0n) is 36.2. The van der Waals surface area contributed by atoms with Crippen LogP contribution in [-0.2, 0) is 29.5 Å². The predicted octanol–water partition coefficient (Wildman–Crippen LogP) is 0.356. The van der Waals surface area contributed by atoms with Crippen LogP contribution in [0.25, 0.3) is 11.2 Å². The molecule has 6 heterocycles. The van der Waals surface area contributed by atoms with Crippen molar-refractivity contribution in [2.75, 3.05) is 64.9 Å². The van der Waals surface area contributed by atoms with Gasteiger partial charge in [0.05, 0.1) is 19.5 Å². The fourth-order valence-corrected chi connectivity index (χ4v) is 8.38. The van der Waals surface area contributed by atoms with Crippen molar-refractivity contribution >= 4 is 42.7 Å². The van der Waals surface area contributed by atoms with Crippen LogP contribution >= 0.6 is 7.82 Å².